The van der Waals surface area contributed by atoms with E-state index in [0.717, 1.165) is 22.8 Å². The number of amides is 2. The molecule has 0 heterocycles. The first-order chi connectivity index (χ1) is 9.46. The highest BCUT2D eigenvalue weighted by atomic mass is 127. The van der Waals surface area contributed by atoms with Crippen molar-refractivity contribution in [1.29, 1.82) is 0 Å². The van der Waals surface area contributed by atoms with E-state index in [4.69, 9.17) is 5.11 Å². The second kappa shape index (κ2) is 5.99. The number of benzene rings is 1. The van der Waals surface area contributed by atoms with Crippen LogP contribution in [0.1, 0.15) is 36.5 Å². The van der Waals surface area contributed by atoms with Crippen molar-refractivity contribution >= 4 is 40.3 Å². The Morgan fingerprint density at radius 1 is 1.40 bits per heavy atom. The van der Waals surface area contributed by atoms with Crippen molar-refractivity contribution in [3.05, 3.63) is 27.3 Å². The van der Waals surface area contributed by atoms with Crippen LogP contribution in [0.15, 0.2) is 18.2 Å². The lowest BCUT2D eigenvalue weighted by atomic mass is 10.0. The van der Waals surface area contributed by atoms with Gasteiger partial charge in [-0.1, -0.05) is 6.92 Å². The van der Waals surface area contributed by atoms with Crippen LogP contribution in [0.4, 0.5) is 10.5 Å². The highest BCUT2D eigenvalue weighted by Gasteiger charge is 2.40. The van der Waals surface area contributed by atoms with Gasteiger partial charge in [-0.05, 0) is 65.5 Å². The van der Waals surface area contributed by atoms with Gasteiger partial charge in [0.15, 0.2) is 0 Å². The van der Waals surface area contributed by atoms with E-state index in [1.54, 1.807) is 12.1 Å². The van der Waals surface area contributed by atoms with Gasteiger partial charge >= 0.3 is 12.0 Å². The number of nitrogens with one attached hydrogen (secondary N) is 2. The molecule has 3 N–H and O–H groups in total. The molecule has 0 saturated heterocycles. The molecule has 1 aliphatic rings. The fraction of sp³-hybridized carbons (Fsp3) is 0.429. The van der Waals surface area contributed by atoms with Gasteiger partial charge in [-0.2, -0.15) is 0 Å². The topological polar surface area (TPSA) is 78.4 Å². The summed E-state index contributed by atoms with van der Waals surface area (Å²) in [6.45, 7) is 2.76. The third-order valence-electron chi connectivity index (χ3n) is 3.79. The molecule has 1 aliphatic carbocycles. The second-order valence-corrected chi connectivity index (χ2v) is 6.40. The van der Waals surface area contributed by atoms with Crippen molar-refractivity contribution in [1.82, 2.24) is 5.32 Å². The maximum atomic E-state index is 11.8. The molecule has 2 amide bonds. The summed E-state index contributed by atoms with van der Waals surface area (Å²) in [5, 5.41) is 14.6. The van der Waals surface area contributed by atoms with Crippen molar-refractivity contribution in [2.75, 3.05) is 11.9 Å². The Kier molecular flexibility index (Phi) is 4.52. The van der Waals surface area contributed by atoms with Crippen LogP contribution in [0.25, 0.3) is 0 Å². The lowest BCUT2D eigenvalue weighted by molar-refractivity contribution is 0.0698. The zero-order chi connectivity index (χ0) is 14.8. The molecule has 108 valence electrons. The SMILES string of the molecule is CCC1(CNC(=O)Nc2ccc(I)cc2C(=O)O)CC1. The molecule has 5 nitrogen and oxygen atoms in total. The molecule has 1 aromatic rings. The summed E-state index contributed by atoms with van der Waals surface area (Å²) in [7, 11) is 0. The van der Waals surface area contributed by atoms with Gasteiger partial charge in [0.1, 0.15) is 0 Å². The molecule has 1 fully saturated rings. The highest BCUT2D eigenvalue weighted by Crippen LogP contribution is 2.47. The number of rotatable bonds is 5. The number of aromatic carboxylic acids is 1. The maximum absolute atomic E-state index is 11.8. The highest BCUT2D eigenvalue weighted by molar-refractivity contribution is 14.1. The van der Waals surface area contributed by atoms with E-state index in [0.29, 0.717) is 12.2 Å². The van der Waals surface area contributed by atoms with Crippen molar-refractivity contribution in [3.8, 4) is 0 Å². The third-order valence-corrected chi connectivity index (χ3v) is 4.46. The second-order valence-electron chi connectivity index (χ2n) is 5.16. The fourth-order valence-corrected chi connectivity index (χ4v) is 2.56. The molecule has 0 unspecified atom stereocenters. The van der Waals surface area contributed by atoms with E-state index >= 15 is 0 Å². The standard InChI is InChI=1S/C14H17IN2O3/c1-2-14(5-6-14)8-16-13(20)17-11-4-3-9(15)7-10(11)12(18)19/h3-4,7H,2,5-6,8H2,1H3,(H,18,19)(H2,16,17,20). The normalized spacial score (nSPS) is 15.5. The van der Waals surface area contributed by atoms with Gasteiger partial charge < -0.3 is 15.7 Å². The smallest absolute Gasteiger partial charge is 0.337 e. The Labute approximate surface area is 131 Å². The number of carboxylic acid groups (broad SMARTS) is 1. The van der Waals surface area contributed by atoms with Crippen molar-refractivity contribution in [3.63, 3.8) is 0 Å². The van der Waals surface area contributed by atoms with Crippen LogP contribution < -0.4 is 10.6 Å². The molecule has 0 spiro atoms. The van der Waals surface area contributed by atoms with Gasteiger partial charge in [0.25, 0.3) is 0 Å². The molecule has 20 heavy (non-hydrogen) atoms. The molecule has 0 radical (unpaired) electrons. The average molecular weight is 388 g/mol. The zero-order valence-corrected chi connectivity index (χ0v) is 13.4. The third kappa shape index (κ3) is 3.62. The van der Waals surface area contributed by atoms with Crippen LogP contribution in [-0.2, 0) is 0 Å². The molecule has 1 aromatic carbocycles. The monoisotopic (exact) mass is 388 g/mol. The number of carboxylic acids is 1. The number of halogens is 1. The summed E-state index contributed by atoms with van der Waals surface area (Å²) in [5.74, 6) is -1.05. The Morgan fingerprint density at radius 3 is 2.65 bits per heavy atom. The van der Waals surface area contributed by atoms with Gasteiger partial charge in [0.2, 0.25) is 0 Å². The number of hydrogen-bond acceptors (Lipinski definition) is 2. The molecule has 2 rings (SSSR count). The summed E-state index contributed by atoms with van der Waals surface area (Å²) in [6, 6.07) is 4.55. The number of hydrogen-bond donors (Lipinski definition) is 3. The van der Waals surface area contributed by atoms with Crippen LogP contribution in [0.3, 0.4) is 0 Å². The molecule has 1 saturated carbocycles. The lowest BCUT2D eigenvalue weighted by Crippen LogP contribution is -2.34. The zero-order valence-electron chi connectivity index (χ0n) is 11.2. The molecular formula is C14H17IN2O3. The first kappa shape index (κ1) is 15.1. The summed E-state index contributed by atoms with van der Waals surface area (Å²) >= 11 is 2.04. The van der Waals surface area contributed by atoms with E-state index in [-0.39, 0.29) is 17.0 Å². The quantitative estimate of drug-likeness (QED) is 0.678. The molecule has 0 aliphatic heterocycles. The van der Waals surface area contributed by atoms with Crippen LogP contribution in [-0.4, -0.2) is 23.7 Å². The Bertz CT molecular complexity index is 541. The van der Waals surface area contributed by atoms with Crippen molar-refractivity contribution in [2.45, 2.75) is 26.2 Å². The van der Waals surface area contributed by atoms with Crippen molar-refractivity contribution in [2.24, 2.45) is 5.41 Å². The lowest BCUT2D eigenvalue weighted by Gasteiger charge is -2.15. The predicted molar refractivity (Wildman–Crippen MR) is 85.1 cm³/mol. The van der Waals surface area contributed by atoms with E-state index in [1.807, 2.05) is 22.6 Å². The van der Waals surface area contributed by atoms with Gasteiger partial charge in [-0.15, -0.1) is 0 Å². The van der Waals surface area contributed by atoms with Crippen LogP contribution in [0, 0.1) is 8.99 Å². The number of carbonyl (C=O) groups excluding carboxylic acids is 1. The number of urea groups is 1. The first-order valence-electron chi connectivity index (χ1n) is 6.53. The first-order valence-corrected chi connectivity index (χ1v) is 7.61. The van der Waals surface area contributed by atoms with Crippen LogP contribution in [0.5, 0.6) is 0 Å². The summed E-state index contributed by atoms with van der Waals surface area (Å²) in [6.07, 6.45) is 3.35. The van der Waals surface area contributed by atoms with Gasteiger partial charge in [0, 0.05) is 10.1 Å². The Hall–Kier alpha value is -1.31. The number of carbonyl (C=O) groups is 2. The van der Waals surface area contributed by atoms with Gasteiger partial charge in [-0.3, -0.25) is 0 Å². The molecule has 0 atom stereocenters. The molecule has 0 aromatic heterocycles. The molecule has 0 bridgehead atoms. The van der Waals surface area contributed by atoms with Crippen LogP contribution in [0.2, 0.25) is 0 Å². The maximum Gasteiger partial charge on any atom is 0.337 e. The fourth-order valence-electron chi connectivity index (χ4n) is 2.07. The predicted octanol–water partition coefficient (Wildman–Crippen LogP) is 3.30. The molecular weight excluding hydrogens is 371 g/mol. The van der Waals surface area contributed by atoms with Gasteiger partial charge in [0.05, 0.1) is 11.3 Å². The minimum absolute atomic E-state index is 0.101. The van der Waals surface area contributed by atoms with E-state index < -0.39 is 5.97 Å². The average Bonchev–Trinajstić information content (AvgIpc) is 3.19. The Morgan fingerprint density at radius 2 is 2.10 bits per heavy atom. The van der Waals surface area contributed by atoms with E-state index in [2.05, 4.69) is 17.6 Å². The Balaban J connectivity index is 1.99. The van der Waals surface area contributed by atoms with Crippen molar-refractivity contribution < 1.29 is 14.7 Å². The summed E-state index contributed by atoms with van der Waals surface area (Å²) in [4.78, 5) is 23.0. The van der Waals surface area contributed by atoms with E-state index in [9.17, 15) is 9.59 Å². The number of anilines is 1. The molecule has 6 heteroatoms. The summed E-state index contributed by atoms with van der Waals surface area (Å²) < 4.78 is 0.814. The van der Waals surface area contributed by atoms with Gasteiger partial charge in [-0.25, -0.2) is 9.59 Å². The largest absolute Gasteiger partial charge is 0.478 e. The minimum atomic E-state index is -1.05. The summed E-state index contributed by atoms with van der Waals surface area (Å²) in [5.41, 5.74) is 0.680. The van der Waals surface area contributed by atoms with Crippen LogP contribution >= 0.6 is 22.6 Å². The van der Waals surface area contributed by atoms with E-state index in [1.165, 1.54) is 6.07 Å². The minimum Gasteiger partial charge on any atom is -0.478 e.